The Balaban J connectivity index is 2.28. The molecular weight excluding hydrogens is 228 g/mol. The fourth-order valence-electron chi connectivity index (χ4n) is 1.89. The van der Waals surface area contributed by atoms with E-state index in [2.05, 4.69) is 9.97 Å². The summed E-state index contributed by atoms with van der Waals surface area (Å²) in [6, 6.07) is 7.80. The molecule has 0 saturated carbocycles. The van der Waals surface area contributed by atoms with E-state index < -0.39 is 0 Å². The van der Waals surface area contributed by atoms with E-state index in [1.165, 1.54) is 0 Å². The molecule has 4 nitrogen and oxygen atoms in total. The van der Waals surface area contributed by atoms with Gasteiger partial charge in [-0.05, 0) is 18.6 Å². The first-order valence-electron chi connectivity index (χ1n) is 6.08. The number of nitrogens with zero attached hydrogens (tertiary/aromatic N) is 1. The summed E-state index contributed by atoms with van der Waals surface area (Å²) in [5.41, 5.74) is 1.97. The van der Waals surface area contributed by atoms with Gasteiger partial charge in [0, 0.05) is 11.5 Å². The third-order valence-electron chi connectivity index (χ3n) is 3.08. The highest BCUT2D eigenvalue weighted by molar-refractivity contribution is 5.60. The van der Waals surface area contributed by atoms with Crippen LogP contribution < -0.4 is 4.74 Å². The van der Waals surface area contributed by atoms with Crippen LogP contribution in [0.25, 0.3) is 11.3 Å². The number of aromatic amines is 1. The van der Waals surface area contributed by atoms with Crippen molar-refractivity contribution in [2.75, 3.05) is 13.7 Å². The molecular formula is C14H18N2O2. The second-order valence-electron chi connectivity index (χ2n) is 4.20. The van der Waals surface area contributed by atoms with Crippen molar-refractivity contribution >= 4 is 0 Å². The molecule has 0 radical (unpaired) electrons. The van der Waals surface area contributed by atoms with E-state index in [1.807, 2.05) is 31.2 Å². The van der Waals surface area contributed by atoms with E-state index in [9.17, 15) is 5.11 Å². The average molecular weight is 246 g/mol. The molecule has 0 aliphatic carbocycles. The van der Waals surface area contributed by atoms with E-state index in [0.29, 0.717) is 0 Å². The Morgan fingerprint density at radius 1 is 1.44 bits per heavy atom. The third-order valence-corrected chi connectivity index (χ3v) is 3.08. The van der Waals surface area contributed by atoms with Crippen LogP contribution in [-0.4, -0.2) is 28.8 Å². The molecule has 0 fully saturated rings. The minimum Gasteiger partial charge on any atom is -0.497 e. The summed E-state index contributed by atoms with van der Waals surface area (Å²) in [4.78, 5) is 7.59. The van der Waals surface area contributed by atoms with Crippen molar-refractivity contribution in [1.82, 2.24) is 9.97 Å². The Bertz CT molecular complexity index is 504. The lowest BCUT2D eigenvalue weighted by atomic mass is 10.1. The molecule has 0 spiro atoms. The summed E-state index contributed by atoms with van der Waals surface area (Å²) in [6.45, 7) is 2.15. The van der Waals surface area contributed by atoms with Gasteiger partial charge in [-0.1, -0.05) is 19.1 Å². The van der Waals surface area contributed by atoms with E-state index in [4.69, 9.17) is 4.74 Å². The number of hydrogen-bond donors (Lipinski definition) is 2. The molecule has 1 aromatic carbocycles. The topological polar surface area (TPSA) is 58.1 Å². The molecule has 1 unspecified atom stereocenters. The first kappa shape index (κ1) is 12.6. The Kier molecular flexibility index (Phi) is 3.99. The van der Waals surface area contributed by atoms with Crippen LogP contribution in [0.5, 0.6) is 5.75 Å². The Hall–Kier alpha value is -1.81. The van der Waals surface area contributed by atoms with E-state index in [-0.39, 0.29) is 12.5 Å². The van der Waals surface area contributed by atoms with Crippen LogP contribution in [0, 0.1) is 0 Å². The number of methoxy groups -OCH3 is 1. The van der Waals surface area contributed by atoms with Gasteiger partial charge >= 0.3 is 0 Å². The van der Waals surface area contributed by atoms with Gasteiger partial charge in [-0.2, -0.15) is 0 Å². The van der Waals surface area contributed by atoms with Crippen LogP contribution in [0.3, 0.4) is 0 Å². The van der Waals surface area contributed by atoms with Crippen molar-refractivity contribution in [2.45, 2.75) is 19.3 Å². The lowest BCUT2D eigenvalue weighted by Crippen LogP contribution is -2.04. The Morgan fingerprint density at radius 2 is 2.28 bits per heavy atom. The summed E-state index contributed by atoms with van der Waals surface area (Å²) < 4.78 is 5.20. The molecule has 0 aliphatic heterocycles. The zero-order valence-corrected chi connectivity index (χ0v) is 10.7. The number of ether oxygens (including phenoxy) is 1. The number of benzene rings is 1. The van der Waals surface area contributed by atoms with Crippen molar-refractivity contribution in [3.63, 3.8) is 0 Å². The van der Waals surface area contributed by atoms with Crippen LogP contribution in [0.2, 0.25) is 0 Å². The lowest BCUT2D eigenvalue weighted by Gasteiger charge is -2.07. The number of H-pyrrole nitrogens is 1. The number of rotatable bonds is 5. The van der Waals surface area contributed by atoms with Crippen LogP contribution in [0.4, 0.5) is 0 Å². The molecule has 0 bridgehead atoms. The van der Waals surface area contributed by atoms with E-state index in [0.717, 1.165) is 29.3 Å². The zero-order valence-electron chi connectivity index (χ0n) is 10.7. The molecule has 1 aromatic heterocycles. The predicted molar refractivity (Wildman–Crippen MR) is 70.7 cm³/mol. The molecule has 1 atom stereocenters. The number of aliphatic hydroxyl groups is 1. The molecule has 2 aromatic rings. The first-order valence-corrected chi connectivity index (χ1v) is 6.08. The number of hydrogen-bond acceptors (Lipinski definition) is 3. The van der Waals surface area contributed by atoms with Crippen LogP contribution >= 0.6 is 0 Å². The minimum atomic E-state index is 0.0735. The molecule has 0 amide bonds. The Labute approximate surface area is 107 Å². The monoisotopic (exact) mass is 246 g/mol. The standard InChI is InChI=1S/C14H18N2O2/c1-3-10(9-17)14-15-8-13(16-14)11-5-4-6-12(7-11)18-2/h4-8,10,17H,3,9H2,1-2H3,(H,15,16). The lowest BCUT2D eigenvalue weighted by molar-refractivity contribution is 0.258. The quantitative estimate of drug-likeness (QED) is 0.852. The number of aromatic nitrogens is 2. The number of aliphatic hydroxyl groups excluding tert-OH is 1. The summed E-state index contributed by atoms with van der Waals surface area (Å²) in [6.07, 6.45) is 2.66. The summed E-state index contributed by atoms with van der Waals surface area (Å²) in [5.74, 6) is 1.72. The van der Waals surface area contributed by atoms with Gasteiger partial charge in [0.15, 0.2) is 0 Å². The van der Waals surface area contributed by atoms with Crippen molar-refractivity contribution in [2.24, 2.45) is 0 Å². The van der Waals surface area contributed by atoms with Crippen LogP contribution in [-0.2, 0) is 0 Å². The van der Waals surface area contributed by atoms with E-state index >= 15 is 0 Å². The second-order valence-corrected chi connectivity index (χ2v) is 4.20. The van der Waals surface area contributed by atoms with Crippen molar-refractivity contribution < 1.29 is 9.84 Å². The minimum absolute atomic E-state index is 0.0735. The molecule has 1 heterocycles. The molecule has 96 valence electrons. The van der Waals surface area contributed by atoms with Crippen molar-refractivity contribution in [3.8, 4) is 17.0 Å². The maximum atomic E-state index is 9.26. The largest absolute Gasteiger partial charge is 0.497 e. The van der Waals surface area contributed by atoms with Crippen LogP contribution in [0.15, 0.2) is 30.5 Å². The molecule has 18 heavy (non-hydrogen) atoms. The van der Waals surface area contributed by atoms with Gasteiger partial charge in [0.2, 0.25) is 0 Å². The highest BCUT2D eigenvalue weighted by Gasteiger charge is 2.12. The maximum Gasteiger partial charge on any atom is 0.119 e. The molecule has 2 N–H and O–H groups in total. The smallest absolute Gasteiger partial charge is 0.119 e. The van der Waals surface area contributed by atoms with Gasteiger partial charge < -0.3 is 14.8 Å². The van der Waals surface area contributed by atoms with Gasteiger partial charge in [-0.3, -0.25) is 0 Å². The van der Waals surface area contributed by atoms with Gasteiger partial charge in [-0.15, -0.1) is 0 Å². The SMILES string of the molecule is CCC(CO)c1ncc(-c2cccc(OC)c2)[nH]1. The third kappa shape index (κ3) is 2.54. The molecule has 2 rings (SSSR count). The van der Waals surface area contributed by atoms with Gasteiger partial charge in [-0.25, -0.2) is 4.98 Å². The van der Waals surface area contributed by atoms with Gasteiger partial charge in [0.1, 0.15) is 11.6 Å². The Morgan fingerprint density at radius 3 is 2.94 bits per heavy atom. The second kappa shape index (κ2) is 5.69. The maximum absolute atomic E-state index is 9.26. The van der Waals surface area contributed by atoms with Crippen molar-refractivity contribution in [3.05, 3.63) is 36.3 Å². The molecule has 0 saturated heterocycles. The fraction of sp³-hybridized carbons (Fsp3) is 0.357. The summed E-state index contributed by atoms with van der Waals surface area (Å²) in [7, 11) is 1.65. The highest BCUT2D eigenvalue weighted by atomic mass is 16.5. The van der Waals surface area contributed by atoms with E-state index in [1.54, 1.807) is 13.3 Å². The van der Waals surface area contributed by atoms with Crippen LogP contribution in [0.1, 0.15) is 25.1 Å². The highest BCUT2D eigenvalue weighted by Crippen LogP contribution is 2.24. The summed E-state index contributed by atoms with van der Waals surface area (Å²) in [5, 5.41) is 9.26. The number of nitrogens with one attached hydrogen (secondary N) is 1. The van der Waals surface area contributed by atoms with Crippen molar-refractivity contribution in [1.29, 1.82) is 0 Å². The zero-order chi connectivity index (χ0) is 13.0. The van der Waals surface area contributed by atoms with Gasteiger partial charge in [0.05, 0.1) is 25.6 Å². The molecule has 4 heteroatoms. The predicted octanol–water partition coefficient (Wildman–Crippen LogP) is 2.57. The normalized spacial score (nSPS) is 12.4. The molecule has 0 aliphatic rings. The first-order chi connectivity index (χ1) is 8.78. The average Bonchev–Trinajstić information content (AvgIpc) is 2.90. The number of imidazole rings is 1. The fourth-order valence-corrected chi connectivity index (χ4v) is 1.89. The summed E-state index contributed by atoms with van der Waals surface area (Å²) >= 11 is 0. The van der Waals surface area contributed by atoms with Gasteiger partial charge in [0.25, 0.3) is 0 Å².